The van der Waals surface area contributed by atoms with E-state index in [1.165, 1.54) is 12.3 Å². The van der Waals surface area contributed by atoms with Crippen LogP contribution in [0.25, 0.3) is 22.5 Å². The second kappa shape index (κ2) is 6.41. The Balaban J connectivity index is 2.27. The lowest BCUT2D eigenvalue weighted by molar-refractivity contribution is 0.103. The summed E-state index contributed by atoms with van der Waals surface area (Å²) in [5.41, 5.74) is 0.513. The molecule has 0 atom stereocenters. The molecule has 124 valence electrons. The monoisotopic (exact) mass is 348 g/mol. The van der Waals surface area contributed by atoms with Crippen LogP contribution in [0.15, 0.2) is 44.2 Å². The smallest absolute Gasteiger partial charge is 0.461 e. The molecule has 0 aliphatic heterocycles. The third-order valence-corrected chi connectivity index (χ3v) is 3.73. The van der Waals surface area contributed by atoms with E-state index in [4.69, 9.17) is 29.9 Å². The summed E-state index contributed by atoms with van der Waals surface area (Å²) in [6.45, 7) is 3.52. The van der Waals surface area contributed by atoms with Gasteiger partial charge in [-0.3, -0.25) is 4.79 Å². The first-order chi connectivity index (χ1) is 11.5. The molecule has 0 N–H and O–H groups in total. The van der Waals surface area contributed by atoms with Gasteiger partial charge in [-0.1, -0.05) is 11.6 Å². The highest BCUT2D eigenvalue weighted by Crippen LogP contribution is 2.33. The van der Waals surface area contributed by atoms with Crippen molar-refractivity contribution in [2.45, 2.75) is 13.8 Å². The Morgan fingerprint density at radius 1 is 1.33 bits per heavy atom. The van der Waals surface area contributed by atoms with Gasteiger partial charge in [0.15, 0.2) is 5.76 Å². The van der Waals surface area contributed by atoms with Crippen LogP contribution in [0.2, 0.25) is 5.02 Å². The van der Waals surface area contributed by atoms with Crippen molar-refractivity contribution in [2.75, 3.05) is 6.61 Å². The standard InChI is InChI=1S/C17H13ClO6/c1-3-21-17(20)24-16-14(19)10-8-11(18)9(2)7-13(10)23-15(16)12-5-4-6-22-12/h4-8H,3H2,1-2H3. The van der Waals surface area contributed by atoms with Crippen LogP contribution in [-0.2, 0) is 4.74 Å². The van der Waals surface area contributed by atoms with Crippen molar-refractivity contribution in [2.24, 2.45) is 0 Å². The van der Waals surface area contributed by atoms with Crippen molar-refractivity contribution in [1.29, 1.82) is 0 Å². The average Bonchev–Trinajstić information content (AvgIpc) is 3.06. The maximum absolute atomic E-state index is 12.8. The Morgan fingerprint density at radius 2 is 2.12 bits per heavy atom. The summed E-state index contributed by atoms with van der Waals surface area (Å²) in [5, 5.41) is 0.600. The van der Waals surface area contributed by atoms with Gasteiger partial charge in [0.05, 0.1) is 18.3 Å². The molecule has 0 saturated heterocycles. The molecule has 0 amide bonds. The Hall–Kier alpha value is -2.73. The fourth-order valence-electron chi connectivity index (χ4n) is 2.19. The fourth-order valence-corrected chi connectivity index (χ4v) is 2.36. The zero-order valence-corrected chi connectivity index (χ0v) is 13.7. The van der Waals surface area contributed by atoms with Crippen molar-refractivity contribution in [3.05, 3.63) is 51.3 Å². The van der Waals surface area contributed by atoms with E-state index in [1.54, 1.807) is 32.0 Å². The van der Waals surface area contributed by atoms with Crippen molar-refractivity contribution >= 4 is 28.7 Å². The molecule has 1 aromatic carbocycles. The third kappa shape index (κ3) is 2.88. The fraction of sp³-hybridized carbons (Fsp3) is 0.176. The predicted octanol–water partition coefficient (Wildman–Crippen LogP) is 4.55. The summed E-state index contributed by atoms with van der Waals surface area (Å²) >= 11 is 6.08. The maximum atomic E-state index is 12.8. The molecular weight excluding hydrogens is 336 g/mol. The molecule has 3 aromatic rings. The Kier molecular flexibility index (Phi) is 4.31. The van der Waals surface area contributed by atoms with Crippen LogP contribution in [0.3, 0.4) is 0 Å². The molecule has 0 fully saturated rings. The molecule has 0 aliphatic carbocycles. The summed E-state index contributed by atoms with van der Waals surface area (Å²) in [6.07, 6.45) is 0.413. The van der Waals surface area contributed by atoms with E-state index in [0.29, 0.717) is 10.6 Å². The van der Waals surface area contributed by atoms with Crippen molar-refractivity contribution in [3.8, 4) is 17.3 Å². The summed E-state index contributed by atoms with van der Waals surface area (Å²) in [4.78, 5) is 24.4. The number of benzene rings is 1. The van der Waals surface area contributed by atoms with Gasteiger partial charge in [0.1, 0.15) is 5.58 Å². The zero-order valence-electron chi connectivity index (χ0n) is 12.9. The van der Waals surface area contributed by atoms with E-state index in [9.17, 15) is 9.59 Å². The number of carbonyl (C=O) groups is 1. The van der Waals surface area contributed by atoms with E-state index >= 15 is 0 Å². The number of aryl methyl sites for hydroxylation is 1. The molecule has 24 heavy (non-hydrogen) atoms. The normalized spacial score (nSPS) is 10.8. The van der Waals surface area contributed by atoms with Crippen molar-refractivity contribution in [3.63, 3.8) is 0 Å². The molecule has 0 bridgehead atoms. The number of hydrogen-bond donors (Lipinski definition) is 0. The number of furan rings is 1. The van der Waals surface area contributed by atoms with E-state index in [-0.39, 0.29) is 29.3 Å². The largest absolute Gasteiger partial charge is 0.514 e. The van der Waals surface area contributed by atoms with Gasteiger partial charge in [-0.05, 0) is 43.7 Å². The lowest BCUT2D eigenvalue weighted by atomic mass is 10.1. The molecule has 0 radical (unpaired) electrons. The maximum Gasteiger partial charge on any atom is 0.514 e. The molecule has 7 heteroatoms. The minimum atomic E-state index is -1.00. The van der Waals surface area contributed by atoms with Gasteiger partial charge in [0.2, 0.25) is 16.9 Å². The average molecular weight is 349 g/mol. The highest BCUT2D eigenvalue weighted by Gasteiger charge is 2.23. The van der Waals surface area contributed by atoms with Crippen LogP contribution in [0.5, 0.6) is 5.75 Å². The minimum Gasteiger partial charge on any atom is -0.461 e. The van der Waals surface area contributed by atoms with Gasteiger partial charge >= 0.3 is 6.16 Å². The number of hydrogen-bond acceptors (Lipinski definition) is 6. The number of halogens is 1. The van der Waals surface area contributed by atoms with Gasteiger partial charge in [-0.15, -0.1) is 0 Å². The van der Waals surface area contributed by atoms with Gasteiger partial charge in [-0.2, -0.15) is 0 Å². The Labute approximate surface area is 141 Å². The summed E-state index contributed by atoms with van der Waals surface area (Å²) < 4.78 is 20.8. The van der Waals surface area contributed by atoms with Gasteiger partial charge in [-0.25, -0.2) is 4.79 Å². The predicted molar refractivity (Wildman–Crippen MR) is 87.6 cm³/mol. The topological polar surface area (TPSA) is 78.9 Å². The van der Waals surface area contributed by atoms with Crippen LogP contribution in [-0.4, -0.2) is 12.8 Å². The van der Waals surface area contributed by atoms with Crippen LogP contribution >= 0.6 is 11.6 Å². The van der Waals surface area contributed by atoms with Crippen LogP contribution in [0.1, 0.15) is 12.5 Å². The second-order valence-corrected chi connectivity index (χ2v) is 5.36. The second-order valence-electron chi connectivity index (χ2n) is 4.95. The zero-order chi connectivity index (χ0) is 17.3. The molecule has 3 rings (SSSR count). The van der Waals surface area contributed by atoms with Crippen LogP contribution in [0, 0.1) is 6.92 Å². The molecular formula is C17H13ClO6. The van der Waals surface area contributed by atoms with E-state index in [1.807, 2.05) is 0 Å². The van der Waals surface area contributed by atoms with Gasteiger partial charge in [0.25, 0.3) is 0 Å². The molecule has 0 aliphatic rings. The number of ether oxygens (including phenoxy) is 2. The van der Waals surface area contributed by atoms with Gasteiger partial charge < -0.3 is 18.3 Å². The highest BCUT2D eigenvalue weighted by molar-refractivity contribution is 6.32. The molecule has 2 heterocycles. The lowest BCUT2D eigenvalue weighted by Crippen LogP contribution is -2.17. The van der Waals surface area contributed by atoms with Crippen LogP contribution in [0.4, 0.5) is 4.79 Å². The Bertz CT molecular complexity index is 955. The number of carbonyl (C=O) groups excluding carboxylic acids is 1. The lowest BCUT2D eigenvalue weighted by Gasteiger charge is -2.09. The SMILES string of the molecule is CCOC(=O)Oc1c(-c2ccco2)oc2cc(C)c(Cl)cc2c1=O. The van der Waals surface area contributed by atoms with Crippen LogP contribution < -0.4 is 10.2 Å². The first-order valence-corrected chi connectivity index (χ1v) is 7.54. The summed E-state index contributed by atoms with van der Waals surface area (Å²) in [7, 11) is 0. The molecule has 0 saturated carbocycles. The summed E-state index contributed by atoms with van der Waals surface area (Å²) in [6, 6.07) is 6.33. The molecule has 0 spiro atoms. The van der Waals surface area contributed by atoms with E-state index in [2.05, 4.69) is 0 Å². The quantitative estimate of drug-likeness (QED) is 0.646. The van der Waals surface area contributed by atoms with Crippen molar-refractivity contribution < 1.29 is 23.1 Å². The van der Waals surface area contributed by atoms with Crippen molar-refractivity contribution in [1.82, 2.24) is 0 Å². The molecule has 6 nitrogen and oxygen atoms in total. The Morgan fingerprint density at radius 3 is 2.79 bits per heavy atom. The van der Waals surface area contributed by atoms with E-state index in [0.717, 1.165) is 5.56 Å². The first kappa shape index (κ1) is 16.1. The van der Waals surface area contributed by atoms with Gasteiger partial charge in [0, 0.05) is 5.02 Å². The van der Waals surface area contributed by atoms with E-state index < -0.39 is 11.6 Å². The molecule has 2 aromatic heterocycles. The number of rotatable bonds is 3. The highest BCUT2D eigenvalue weighted by atomic mass is 35.5. The molecule has 0 unspecified atom stereocenters. The third-order valence-electron chi connectivity index (χ3n) is 3.32. The number of fused-ring (bicyclic) bond motifs is 1. The minimum absolute atomic E-state index is 0.00674. The summed E-state index contributed by atoms with van der Waals surface area (Å²) in [5.74, 6) is -0.0519. The first-order valence-electron chi connectivity index (χ1n) is 7.16.